The van der Waals surface area contributed by atoms with E-state index in [1.54, 1.807) is 12.1 Å². The van der Waals surface area contributed by atoms with Crippen molar-refractivity contribution in [3.63, 3.8) is 0 Å². The first-order valence-corrected chi connectivity index (χ1v) is 4.50. The second-order valence-electron chi connectivity index (χ2n) is 2.94. The van der Waals surface area contributed by atoms with Crippen molar-refractivity contribution < 1.29 is 14.6 Å². The maximum atomic E-state index is 11.1. The predicted molar refractivity (Wildman–Crippen MR) is 52.3 cm³/mol. The lowest BCUT2D eigenvalue weighted by Gasteiger charge is -2.01. The van der Waals surface area contributed by atoms with Crippen LogP contribution in [0, 0.1) is 7.11 Å². The molecule has 1 aromatic rings. The molecule has 0 aliphatic rings. The molecule has 1 rings (SSSR count). The zero-order valence-electron chi connectivity index (χ0n) is 8.16. The van der Waals surface area contributed by atoms with E-state index < -0.39 is 5.97 Å². The van der Waals surface area contributed by atoms with Gasteiger partial charge in [0.1, 0.15) is 7.11 Å². The van der Waals surface area contributed by atoms with Crippen LogP contribution in [-0.4, -0.2) is 5.97 Å². The number of carbonyl (C=O) groups excluding carboxylic acids is 1. The molecular formula is C11H13O3. The lowest BCUT2D eigenvalue weighted by atomic mass is 10.1. The molecule has 0 unspecified atom stereocenters. The Morgan fingerprint density at radius 3 is 2.50 bits per heavy atom. The fourth-order valence-electron chi connectivity index (χ4n) is 1.20. The third kappa shape index (κ3) is 2.85. The van der Waals surface area contributed by atoms with Gasteiger partial charge in [0, 0.05) is 0 Å². The molecule has 0 heterocycles. The topological polar surface area (TPSA) is 35.5 Å². The van der Waals surface area contributed by atoms with Crippen LogP contribution in [0.5, 0.6) is 0 Å². The summed E-state index contributed by atoms with van der Waals surface area (Å²) in [5, 5.41) is 0. The van der Waals surface area contributed by atoms with Crippen LogP contribution in [-0.2, 0) is 16.2 Å². The van der Waals surface area contributed by atoms with E-state index in [2.05, 4.69) is 23.8 Å². The standard InChI is InChI=1S/C11H13O3/c1-3-4-9-5-7-10(8-6-9)11(12)14-13-2/h5-8H,2-4H2,1H3. The zero-order chi connectivity index (χ0) is 10.4. The Balaban J connectivity index is 2.67. The van der Waals surface area contributed by atoms with E-state index in [9.17, 15) is 4.79 Å². The van der Waals surface area contributed by atoms with E-state index in [1.807, 2.05) is 12.1 Å². The second kappa shape index (κ2) is 5.40. The maximum absolute atomic E-state index is 11.1. The Hall–Kier alpha value is -1.35. The molecule has 0 bridgehead atoms. The van der Waals surface area contributed by atoms with Crippen molar-refractivity contribution in [2.75, 3.05) is 0 Å². The fraction of sp³-hybridized carbons (Fsp3) is 0.273. The lowest BCUT2D eigenvalue weighted by molar-refractivity contribution is -0.195. The molecule has 1 radical (unpaired) electrons. The monoisotopic (exact) mass is 193 g/mol. The molecule has 0 atom stereocenters. The van der Waals surface area contributed by atoms with Gasteiger partial charge < -0.3 is 0 Å². The van der Waals surface area contributed by atoms with Crippen LogP contribution in [0.25, 0.3) is 0 Å². The van der Waals surface area contributed by atoms with Crippen molar-refractivity contribution in [2.45, 2.75) is 19.8 Å². The zero-order valence-corrected chi connectivity index (χ0v) is 8.16. The van der Waals surface area contributed by atoms with Crippen molar-refractivity contribution in [1.29, 1.82) is 0 Å². The number of rotatable bonds is 4. The molecule has 0 amide bonds. The Labute approximate surface area is 83.6 Å². The molecule has 0 saturated heterocycles. The van der Waals surface area contributed by atoms with Crippen LogP contribution >= 0.6 is 0 Å². The van der Waals surface area contributed by atoms with Gasteiger partial charge in [0.15, 0.2) is 0 Å². The summed E-state index contributed by atoms with van der Waals surface area (Å²) in [6.07, 6.45) is 2.10. The Morgan fingerprint density at radius 1 is 1.36 bits per heavy atom. The van der Waals surface area contributed by atoms with Gasteiger partial charge >= 0.3 is 5.97 Å². The first-order chi connectivity index (χ1) is 6.77. The highest BCUT2D eigenvalue weighted by molar-refractivity contribution is 5.88. The normalized spacial score (nSPS) is 9.86. The number of hydrogen-bond acceptors (Lipinski definition) is 3. The van der Waals surface area contributed by atoms with Gasteiger partial charge in [-0.05, 0) is 24.1 Å². The van der Waals surface area contributed by atoms with E-state index in [-0.39, 0.29) is 0 Å². The summed E-state index contributed by atoms with van der Waals surface area (Å²) in [7, 11) is 2.96. The first kappa shape index (κ1) is 10.7. The molecule has 0 N–H and O–H groups in total. The third-order valence-electron chi connectivity index (χ3n) is 1.86. The largest absolute Gasteiger partial charge is 0.373 e. The molecule has 0 saturated carbocycles. The van der Waals surface area contributed by atoms with E-state index in [0.717, 1.165) is 12.8 Å². The van der Waals surface area contributed by atoms with E-state index in [1.165, 1.54) is 5.56 Å². The van der Waals surface area contributed by atoms with Gasteiger partial charge in [-0.15, -0.1) is 0 Å². The molecular weight excluding hydrogens is 180 g/mol. The van der Waals surface area contributed by atoms with E-state index in [4.69, 9.17) is 0 Å². The fourth-order valence-corrected chi connectivity index (χ4v) is 1.20. The van der Waals surface area contributed by atoms with Gasteiger partial charge in [0.25, 0.3) is 0 Å². The SMILES string of the molecule is [CH2]OOC(=O)c1ccc(CCC)cc1. The Bertz CT molecular complexity index is 290. The summed E-state index contributed by atoms with van der Waals surface area (Å²) in [6.45, 7) is 2.11. The summed E-state index contributed by atoms with van der Waals surface area (Å²) >= 11 is 0. The van der Waals surface area contributed by atoms with Crippen LogP contribution in [0.15, 0.2) is 24.3 Å². The molecule has 0 spiro atoms. The number of carbonyl (C=O) groups is 1. The smallest absolute Gasteiger partial charge is 0.293 e. The number of benzene rings is 1. The van der Waals surface area contributed by atoms with Crippen LogP contribution in [0.2, 0.25) is 0 Å². The van der Waals surface area contributed by atoms with E-state index in [0.29, 0.717) is 5.56 Å². The minimum absolute atomic E-state index is 0.466. The average molecular weight is 193 g/mol. The molecule has 0 aliphatic heterocycles. The lowest BCUT2D eigenvalue weighted by Crippen LogP contribution is -2.03. The second-order valence-corrected chi connectivity index (χ2v) is 2.94. The van der Waals surface area contributed by atoms with Gasteiger partial charge in [0.2, 0.25) is 0 Å². The van der Waals surface area contributed by atoms with Gasteiger partial charge in [-0.1, -0.05) is 25.5 Å². The highest BCUT2D eigenvalue weighted by Crippen LogP contribution is 2.07. The molecule has 3 heteroatoms. The van der Waals surface area contributed by atoms with Crippen molar-refractivity contribution in [3.8, 4) is 0 Å². The van der Waals surface area contributed by atoms with Crippen LogP contribution < -0.4 is 0 Å². The first-order valence-electron chi connectivity index (χ1n) is 4.50. The van der Waals surface area contributed by atoms with Crippen molar-refractivity contribution in [1.82, 2.24) is 0 Å². The van der Waals surface area contributed by atoms with Gasteiger partial charge in [-0.3, -0.25) is 4.89 Å². The summed E-state index contributed by atoms with van der Waals surface area (Å²) < 4.78 is 0. The molecule has 3 nitrogen and oxygen atoms in total. The van der Waals surface area contributed by atoms with Crippen LogP contribution in [0.3, 0.4) is 0 Å². The maximum Gasteiger partial charge on any atom is 0.373 e. The summed E-state index contributed by atoms with van der Waals surface area (Å²) in [5.41, 5.74) is 1.67. The van der Waals surface area contributed by atoms with Crippen molar-refractivity contribution in [3.05, 3.63) is 42.5 Å². The number of aryl methyl sites for hydroxylation is 1. The van der Waals surface area contributed by atoms with Gasteiger partial charge in [-0.25, -0.2) is 4.79 Å². The summed E-state index contributed by atoms with van der Waals surface area (Å²) in [5.74, 6) is -0.525. The van der Waals surface area contributed by atoms with E-state index >= 15 is 0 Å². The Kier molecular flexibility index (Phi) is 4.13. The minimum Gasteiger partial charge on any atom is -0.293 e. The van der Waals surface area contributed by atoms with Crippen molar-refractivity contribution >= 4 is 5.97 Å². The highest BCUT2D eigenvalue weighted by atomic mass is 17.2. The van der Waals surface area contributed by atoms with Gasteiger partial charge in [-0.2, -0.15) is 4.89 Å². The average Bonchev–Trinajstić information content (AvgIpc) is 2.20. The van der Waals surface area contributed by atoms with Crippen LogP contribution in [0.1, 0.15) is 29.3 Å². The minimum atomic E-state index is -0.525. The third-order valence-corrected chi connectivity index (χ3v) is 1.86. The van der Waals surface area contributed by atoms with Gasteiger partial charge in [0.05, 0.1) is 5.56 Å². The predicted octanol–water partition coefficient (Wildman–Crippen LogP) is 2.52. The Morgan fingerprint density at radius 2 is 2.00 bits per heavy atom. The van der Waals surface area contributed by atoms with Crippen molar-refractivity contribution in [2.24, 2.45) is 0 Å². The molecule has 0 aromatic heterocycles. The number of hydrogen-bond donors (Lipinski definition) is 0. The van der Waals surface area contributed by atoms with Crippen LogP contribution in [0.4, 0.5) is 0 Å². The molecule has 75 valence electrons. The molecule has 1 aromatic carbocycles. The molecule has 0 aliphatic carbocycles. The quantitative estimate of drug-likeness (QED) is 0.544. The summed E-state index contributed by atoms with van der Waals surface area (Å²) in [6, 6.07) is 7.24. The molecule has 0 fully saturated rings. The summed E-state index contributed by atoms with van der Waals surface area (Å²) in [4.78, 5) is 19.4. The molecule has 14 heavy (non-hydrogen) atoms. The highest BCUT2D eigenvalue weighted by Gasteiger charge is 2.06.